The second-order valence-corrected chi connectivity index (χ2v) is 5.65. The summed E-state index contributed by atoms with van der Waals surface area (Å²) in [5, 5.41) is 16.6. The molecule has 0 saturated carbocycles. The van der Waals surface area contributed by atoms with Gasteiger partial charge in [0.15, 0.2) is 0 Å². The Morgan fingerprint density at radius 2 is 2.00 bits per heavy atom. The van der Waals surface area contributed by atoms with Gasteiger partial charge in [-0.2, -0.15) is 15.5 Å². The normalized spacial score (nSPS) is 18.2. The molecule has 0 aliphatic carbocycles. The van der Waals surface area contributed by atoms with E-state index in [9.17, 15) is 0 Å². The quantitative estimate of drug-likeness (QED) is 0.637. The van der Waals surface area contributed by atoms with Crippen LogP contribution >= 0.6 is 0 Å². The average Bonchev–Trinajstić information content (AvgIpc) is 3.07. The second-order valence-electron chi connectivity index (χ2n) is 5.65. The molecule has 0 radical (unpaired) electrons. The molecule has 0 spiro atoms. The van der Waals surface area contributed by atoms with Crippen molar-refractivity contribution in [2.24, 2.45) is 5.10 Å². The highest BCUT2D eigenvalue weighted by Gasteiger charge is 2.17. The molecule has 24 heavy (non-hydrogen) atoms. The summed E-state index contributed by atoms with van der Waals surface area (Å²) in [6, 6.07) is 4.32. The minimum absolute atomic E-state index is 0.439. The molecule has 1 aromatic rings. The lowest BCUT2D eigenvalue weighted by Gasteiger charge is -2.23. The molecule has 2 aliphatic rings. The van der Waals surface area contributed by atoms with Gasteiger partial charge >= 0.3 is 0 Å². The molecule has 0 bridgehead atoms. The van der Waals surface area contributed by atoms with E-state index in [1.807, 2.05) is 16.8 Å². The number of aromatic nitrogens is 2. The largest absolute Gasteiger partial charge is 0.384 e. The molecule has 3 heterocycles. The van der Waals surface area contributed by atoms with Crippen LogP contribution in [0, 0.1) is 11.3 Å². The number of nitriles is 1. The van der Waals surface area contributed by atoms with Gasteiger partial charge in [-0.1, -0.05) is 0 Å². The third-order valence-electron chi connectivity index (χ3n) is 3.89. The minimum Gasteiger partial charge on any atom is -0.384 e. The van der Waals surface area contributed by atoms with E-state index >= 15 is 0 Å². The van der Waals surface area contributed by atoms with Gasteiger partial charge in [-0.3, -0.25) is 0 Å². The highest BCUT2D eigenvalue weighted by atomic mass is 16.5. The van der Waals surface area contributed by atoms with Crippen LogP contribution < -0.4 is 11.2 Å². The first kappa shape index (κ1) is 18.2. The Kier molecular flexibility index (Phi) is 8.07. The molecule has 0 unspecified atom stereocenters. The Labute approximate surface area is 142 Å². The molecule has 0 amide bonds. The van der Waals surface area contributed by atoms with Crippen LogP contribution in [0.2, 0.25) is 0 Å². The van der Waals surface area contributed by atoms with Crippen LogP contribution in [0.4, 0.5) is 5.82 Å². The van der Waals surface area contributed by atoms with Crippen molar-refractivity contribution >= 4 is 11.5 Å². The first-order valence-corrected chi connectivity index (χ1v) is 8.41. The van der Waals surface area contributed by atoms with Gasteiger partial charge in [0.05, 0.1) is 37.9 Å². The van der Waals surface area contributed by atoms with Gasteiger partial charge in [-0.15, -0.1) is 0 Å². The highest BCUT2D eigenvalue weighted by molar-refractivity contribution is 5.84. The van der Waals surface area contributed by atoms with E-state index in [1.165, 1.54) is 0 Å². The van der Waals surface area contributed by atoms with Crippen molar-refractivity contribution in [2.45, 2.75) is 38.1 Å². The number of nitrogens with two attached hydrogens (primary N) is 1. The standard InChI is InChI=1S/2C8H13N3O/c9-8-1-4-10-11(8)7-2-5-12-6-3-7;9-4-1-5-10-11-8-2-6-12-7-3-8/h1,4,7H,2-3,5-6,9H2;10H,1-3,5-7H2. The summed E-state index contributed by atoms with van der Waals surface area (Å²) < 4.78 is 12.3. The molecule has 3 N–H and O–H groups in total. The lowest BCUT2D eigenvalue weighted by atomic mass is 10.1. The SMILES string of the molecule is N#CCCNN=C1CCOCC1.Nc1ccnn1C1CCOCC1. The first-order chi connectivity index (χ1) is 11.8. The van der Waals surface area contributed by atoms with Crippen LogP contribution in [0.15, 0.2) is 17.4 Å². The summed E-state index contributed by atoms with van der Waals surface area (Å²) in [4.78, 5) is 0. The summed E-state index contributed by atoms with van der Waals surface area (Å²) in [6.45, 7) is 3.84. The fourth-order valence-electron chi connectivity index (χ4n) is 2.56. The molecule has 8 nitrogen and oxygen atoms in total. The van der Waals surface area contributed by atoms with Crippen molar-refractivity contribution in [1.29, 1.82) is 5.26 Å². The van der Waals surface area contributed by atoms with Gasteiger partial charge in [-0.05, 0) is 18.9 Å². The van der Waals surface area contributed by atoms with E-state index in [0.29, 0.717) is 19.0 Å². The summed E-state index contributed by atoms with van der Waals surface area (Å²) in [7, 11) is 0. The Hall–Kier alpha value is -2.11. The highest BCUT2D eigenvalue weighted by Crippen LogP contribution is 2.22. The molecule has 2 aliphatic heterocycles. The van der Waals surface area contributed by atoms with Gasteiger partial charge < -0.3 is 20.6 Å². The van der Waals surface area contributed by atoms with E-state index in [0.717, 1.165) is 63.6 Å². The van der Waals surface area contributed by atoms with Crippen LogP contribution in [-0.2, 0) is 9.47 Å². The lowest BCUT2D eigenvalue weighted by molar-refractivity contribution is 0.0669. The second kappa shape index (κ2) is 10.6. The summed E-state index contributed by atoms with van der Waals surface area (Å²) in [5.41, 5.74) is 9.75. The average molecular weight is 334 g/mol. The number of rotatable bonds is 4. The molecule has 0 atom stereocenters. The van der Waals surface area contributed by atoms with Crippen molar-refractivity contribution in [3.05, 3.63) is 12.3 Å². The van der Waals surface area contributed by atoms with Crippen molar-refractivity contribution in [2.75, 3.05) is 38.7 Å². The number of anilines is 1. The molecule has 3 rings (SSSR count). The zero-order chi connectivity index (χ0) is 17.0. The molecule has 132 valence electrons. The minimum atomic E-state index is 0.439. The number of hydrogen-bond acceptors (Lipinski definition) is 7. The van der Waals surface area contributed by atoms with Crippen molar-refractivity contribution < 1.29 is 9.47 Å². The zero-order valence-corrected chi connectivity index (χ0v) is 14.0. The fourth-order valence-corrected chi connectivity index (χ4v) is 2.56. The summed E-state index contributed by atoms with van der Waals surface area (Å²) in [6.07, 6.45) is 6.12. The van der Waals surface area contributed by atoms with Gasteiger partial charge in [-0.25, -0.2) is 4.68 Å². The maximum atomic E-state index is 8.24. The van der Waals surface area contributed by atoms with Gasteiger partial charge in [0, 0.05) is 38.3 Å². The van der Waals surface area contributed by atoms with E-state index in [1.54, 1.807) is 6.20 Å². The first-order valence-electron chi connectivity index (χ1n) is 8.41. The third-order valence-corrected chi connectivity index (χ3v) is 3.89. The predicted octanol–water partition coefficient (Wildman–Crippen LogP) is 1.47. The molecule has 2 fully saturated rings. The van der Waals surface area contributed by atoms with Gasteiger partial charge in [0.25, 0.3) is 0 Å². The van der Waals surface area contributed by atoms with E-state index in [4.69, 9.17) is 20.5 Å². The van der Waals surface area contributed by atoms with Crippen LogP contribution in [0.3, 0.4) is 0 Å². The molecule has 0 aromatic carbocycles. The fraction of sp³-hybridized carbons (Fsp3) is 0.688. The number of nitrogen functional groups attached to an aromatic ring is 1. The Morgan fingerprint density at radius 3 is 2.62 bits per heavy atom. The summed E-state index contributed by atoms with van der Waals surface area (Å²) in [5.74, 6) is 0.752. The van der Waals surface area contributed by atoms with Gasteiger partial charge in [0.2, 0.25) is 0 Å². The van der Waals surface area contributed by atoms with E-state index < -0.39 is 0 Å². The molecule has 8 heteroatoms. The topological polar surface area (TPSA) is 110 Å². The van der Waals surface area contributed by atoms with Crippen molar-refractivity contribution in [3.8, 4) is 6.07 Å². The third kappa shape index (κ3) is 6.18. The van der Waals surface area contributed by atoms with Crippen LogP contribution in [-0.4, -0.2) is 48.5 Å². The number of ether oxygens (including phenoxy) is 2. The zero-order valence-electron chi connectivity index (χ0n) is 14.0. The maximum absolute atomic E-state index is 8.24. The molecule has 1 aromatic heterocycles. The Bertz CT molecular complexity index is 537. The number of nitrogens with zero attached hydrogens (tertiary/aromatic N) is 4. The Morgan fingerprint density at radius 1 is 1.29 bits per heavy atom. The maximum Gasteiger partial charge on any atom is 0.121 e. The Balaban J connectivity index is 0.000000174. The van der Waals surface area contributed by atoms with Crippen LogP contribution in [0.25, 0.3) is 0 Å². The van der Waals surface area contributed by atoms with E-state index in [-0.39, 0.29) is 0 Å². The van der Waals surface area contributed by atoms with Crippen molar-refractivity contribution in [3.63, 3.8) is 0 Å². The number of nitrogens with one attached hydrogen (secondary N) is 1. The van der Waals surface area contributed by atoms with Crippen LogP contribution in [0.1, 0.15) is 38.1 Å². The van der Waals surface area contributed by atoms with Crippen molar-refractivity contribution in [1.82, 2.24) is 15.2 Å². The molecular formula is C16H26N6O2. The van der Waals surface area contributed by atoms with Gasteiger partial charge in [0.1, 0.15) is 5.82 Å². The smallest absolute Gasteiger partial charge is 0.121 e. The number of hydrogen-bond donors (Lipinski definition) is 2. The predicted molar refractivity (Wildman–Crippen MR) is 91.5 cm³/mol. The summed E-state index contributed by atoms with van der Waals surface area (Å²) >= 11 is 0. The van der Waals surface area contributed by atoms with E-state index in [2.05, 4.69) is 15.6 Å². The monoisotopic (exact) mass is 334 g/mol. The number of hydrazone groups is 1. The molecule has 2 saturated heterocycles. The molecular weight excluding hydrogens is 308 g/mol. The van der Waals surface area contributed by atoms with Crippen LogP contribution in [0.5, 0.6) is 0 Å². The lowest BCUT2D eigenvalue weighted by Crippen LogP contribution is -2.21.